The quantitative estimate of drug-likeness (QED) is 0.916. The average Bonchev–Trinajstić information content (AvgIpc) is 2.40. The summed E-state index contributed by atoms with van der Waals surface area (Å²) in [6.45, 7) is 7.58. The van der Waals surface area contributed by atoms with Crippen LogP contribution in [0.2, 0.25) is 0 Å². The molecule has 0 bridgehead atoms. The Morgan fingerprint density at radius 2 is 2.10 bits per heavy atom. The molecule has 1 aromatic rings. The number of rotatable bonds is 4. The highest BCUT2D eigenvalue weighted by molar-refractivity contribution is 7.89. The number of nitrogens with one attached hydrogen (secondary N) is 1. The second kappa shape index (κ2) is 6.04. The maximum absolute atomic E-state index is 13.0. The van der Waals surface area contributed by atoms with Crippen molar-refractivity contribution in [2.75, 3.05) is 26.8 Å². The smallest absolute Gasteiger partial charge is 0.243 e. The summed E-state index contributed by atoms with van der Waals surface area (Å²) in [4.78, 5) is 0.394. The molecule has 0 unspecified atom stereocenters. The predicted octanol–water partition coefficient (Wildman–Crippen LogP) is 1.51. The van der Waals surface area contributed by atoms with E-state index in [0.29, 0.717) is 31.2 Å². The molecule has 1 aromatic carbocycles. The highest BCUT2D eigenvalue weighted by atomic mass is 32.2. The van der Waals surface area contributed by atoms with Gasteiger partial charge in [0.05, 0.1) is 23.6 Å². The van der Waals surface area contributed by atoms with Crippen molar-refractivity contribution in [3.8, 4) is 0 Å². The molecule has 6 heteroatoms. The van der Waals surface area contributed by atoms with Crippen LogP contribution in [0.1, 0.15) is 25.0 Å². The molecule has 1 saturated heterocycles. The minimum atomic E-state index is -3.52. The Morgan fingerprint density at radius 3 is 2.71 bits per heavy atom. The third-order valence-electron chi connectivity index (χ3n) is 3.90. The van der Waals surface area contributed by atoms with Gasteiger partial charge in [-0.05, 0) is 45.0 Å². The zero-order valence-corrected chi connectivity index (χ0v) is 14.0. The molecule has 1 aliphatic heterocycles. The zero-order valence-electron chi connectivity index (χ0n) is 13.1. The SMILES string of the molecule is CNCc1cccc(S(=O)(=O)N2CCOCC2(C)C)c1C. The molecule has 5 nitrogen and oxygen atoms in total. The van der Waals surface area contributed by atoms with Crippen LogP contribution in [0, 0.1) is 6.92 Å². The Labute approximate surface area is 127 Å². The minimum Gasteiger partial charge on any atom is -0.378 e. The molecule has 2 rings (SSSR count). The molecule has 21 heavy (non-hydrogen) atoms. The molecule has 1 fully saturated rings. The lowest BCUT2D eigenvalue weighted by Gasteiger charge is -2.41. The Bertz CT molecular complexity index is 611. The van der Waals surface area contributed by atoms with Crippen LogP contribution in [0.25, 0.3) is 0 Å². The second-order valence-electron chi connectivity index (χ2n) is 6.01. The summed E-state index contributed by atoms with van der Waals surface area (Å²) in [5, 5.41) is 3.07. The van der Waals surface area contributed by atoms with Crippen LogP contribution in [-0.2, 0) is 21.3 Å². The van der Waals surface area contributed by atoms with E-state index in [0.717, 1.165) is 11.1 Å². The number of sulfonamides is 1. The molecule has 0 saturated carbocycles. The van der Waals surface area contributed by atoms with E-state index in [2.05, 4.69) is 5.32 Å². The van der Waals surface area contributed by atoms with Gasteiger partial charge in [-0.25, -0.2) is 8.42 Å². The standard InChI is InChI=1S/C15H24N2O3S/c1-12-13(10-16-4)6-5-7-14(12)21(18,19)17-8-9-20-11-15(17,2)3/h5-7,16H,8-11H2,1-4H3. The lowest BCUT2D eigenvalue weighted by molar-refractivity contribution is -0.00772. The van der Waals surface area contributed by atoms with E-state index in [1.165, 1.54) is 0 Å². The third kappa shape index (κ3) is 3.13. The Hall–Kier alpha value is -0.950. The van der Waals surface area contributed by atoms with Gasteiger partial charge in [0.1, 0.15) is 0 Å². The van der Waals surface area contributed by atoms with Crippen LogP contribution in [0.5, 0.6) is 0 Å². The van der Waals surface area contributed by atoms with E-state index < -0.39 is 15.6 Å². The van der Waals surface area contributed by atoms with E-state index in [1.54, 1.807) is 16.4 Å². The number of hydrogen-bond acceptors (Lipinski definition) is 4. The van der Waals surface area contributed by atoms with Gasteiger partial charge in [0.15, 0.2) is 0 Å². The molecule has 1 heterocycles. The monoisotopic (exact) mass is 312 g/mol. The highest BCUT2D eigenvalue weighted by Crippen LogP contribution is 2.29. The molecule has 0 radical (unpaired) electrons. The van der Waals surface area contributed by atoms with Crippen LogP contribution in [0.4, 0.5) is 0 Å². The largest absolute Gasteiger partial charge is 0.378 e. The van der Waals surface area contributed by atoms with Gasteiger partial charge >= 0.3 is 0 Å². The molecule has 118 valence electrons. The normalized spacial score (nSPS) is 19.6. The van der Waals surface area contributed by atoms with E-state index in [9.17, 15) is 8.42 Å². The van der Waals surface area contributed by atoms with Gasteiger partial charge in [0.2, 0.25) is 10.0 Å². The first-order valence-electron chi connectivity index (χ1n) is 7.14. The molecule has 0 spiro atoms. The van der Waals surface area contributed by atoms with E-state index in [4.69, 9.17) is 4.74 Å². The number of ether oxygens (including phenoxy) is 1. The van der Waals surface area contributed by atoms with Gasteiger partial charge in [0.25, 0.3) is 0 Å². The number of benzene rings is 1. The predicted molar refractivity (Wildman–Crippen MR) is 82.7 cm³/mol. The first kappa shape index (κ1) is 16.4. The van der Waals surface area contributed by atoms with Gasteiger partial charge in [-0.1, -0.05) is 12.1 Å². The van der Waals surface area contributed by atoms with Crippen LogP contribution >= 0.6 is 0 Å². The van der Waals surface area contributed by atoms with Gasteiger partial charge in [0, 0.05) is 13.1 Å². The van der Waals surface area contributed by atoms with E-state index >= 15 is 0 Å². The lowest BCUT2D eigenvalue weighted by atomic mass is 10.1. The number of hydrogen-bond donors (Lipinski definition) is 1. The molecular weight excluding hydrogens is 288 g/mol. The van der Waals surface area contributed by atoms with Gasteiger partial charge in [-0.2, -0.15) is 4.31 Å². The molecule has 0 aliphatic carbocycles. The molecule has 0 aromatic heterocycles. The van der Waals surface area contributed by atoms with Crippen LogP contribution in [-0.4, -0.2) is 45.1 Å². The van der Waals surface area contributed by atoms with Crippen molar-refractivity contribution in [2.24, 2.45) is 0 Å². The van der Waals surface area contributed by atoms with Crippen LogP contribution in [0.15, 0.2) is 23.1 Å². The summed E-state index contributed by atoms with van der Waals surface area (Å²) in [6, 6.07) is 5.45. The van der Waals surface area contributed by atoms with Crippen molar-refractivity contribution in [3.05, 3.63) is 29.3 Å². The highest BCUT2D eigenvalue weighted by Gasteiger charge is 2.40. The van der Waals surface area contributed by atoms with Gasteiger partial charge in [-0.3, -0.25) is 0 Å². The Morgan fingerprint density at radius 1 is 1.38 bits per heavy atom. The maximum atomic E-state index is 13.0. The zero-order chi connectivity index (χ0) is 15.7. The summed E-state index contributed by atoms with van der Waals surface area (Å²) in [7, 11) is -1.66. The molecule has 0 amide bonds. The fourth-order valence-corrected chi connectivity index (χ4v) is 4.75. The molecule has 0 atom stereocenters. The summed E-state index contributed by atoms with van der Waals surface area (Å²) < 4.78 is 33.0. The second-order valence-corrected chi connectivity index (χ2v) is 7.84. The van der Waals surface area contributed by atoms with Crippen molar-refractivity contribution < 1.29 is 13.2 Å². The van der Waals surface area contributed by atoms with Crippen molar-refractivity contribution in [1.29, 1.82) is 0 Å². The fraction of sp³-hybridized carbons (Fsp3) is 0.600. The number of nitrogens with zero attached hydrogens (tertiary/aromatic N) is 1. The Kier molecular flexibility index (Phi) is 4.72. The average molecular weight is 312 g/mol. The summed E-state index contributed by atoms with van der Waals surface area (Å²) in [5.41, 5.74) is 1.29. The maximum Gasteiger partial charge on any atom is 0.243 e. The van der Waals surface area contributed by atoms with Crippen LogP contribution < -0.4 is 5.32 Å². The van der Waals surface area contributed by atoms with Crippen molar-refractivity contribution in [3.63, 3.8) is 0 Å². The van der Waals surface area contributed by atoms with E-state index in [-0.39, 0.29) is 0 Å². The fourth-order valence-electron chi connectivity index (χ4n) is 2.73. The van der Waals surface area contributed by atoms with Gasteiger partial charge in [-0.15, -0.1) is 0 Å². The topological polar surface area (TPSA) is 58.6 Å². The van der Waals surface area contributed by atoms with Crippen molar-refractivity contribution >= 4 is 10.0 Å². The summed E-state index contributed by atoms with van der Waals surface area (Å²) >= 11 is 0. The molecule has 1 N–H and O–H groups in total. The summed E-state index contributed by atoms with van der Waals surface area (Å²) in [5.74, 6) is 0. The first-order chi connectivity index (χ1) is 9.80. The van der Waals surface area contributed by atoms with Gasteiger partial charge < -0.3 is 10.1 Å². The lowest BCUT2D eigenvalue weighted by Crippen LogP contribution is -2.55. The van der Waals surface area contributed by atoms with Crippen LogP contribution in [0.3, 0.4) is 0 Å². The van der Waals surface area contributed by atoms with Crippen molar-refractivity contribution in [1.82, 2.24) is 9.62 Å². The third-order valence-corrected chi connectivity index (χ3v) is 6.16. The first-order valence-corrected chi connectivity index (χ1v) is 8.58. The van der Waals surface area contributed by atoms with Crippen molar-refractivity contribution in [2.45, 2.75) is 37.8 Å². The Balaban J connectivity index is 2.47. The summed E-state index contributed by atoms with van der Waals surface area (Å²) in [6.07, 6.45) is 0. The number of morpholine rings is 1. The van der Waals surface area contributed by atoms with E-state index in [1.807, 2.05) is 33.9 Å². The molecule has 1 aliphatic rings. The molecular formula is C15H24N2O3S. The minimum absolute atomic E-state index is 0.394.